The Morgan fingerprint density at radius 3 is 2.58 bits per heavy atom. The smallest absolute Gasteiger partial charge is 0.316 e. The van der Waals surface area contributed by atoms with E-state index in [0.717, 1.165) is 22.0 Å². The van der Waals surface area contributed by atoms with Gasteiger partial charge in [-0.1, -0.05) is 60.3 Å². The fourth-order valence-corrected chi connectivity index (χ4v) is 4.63. The molecule has 0 bridgehead atoms. The number of carbonyl (C=O) groups is 1. The Kier molecular flexibility index (Phi) is 6.90. The summed E-state index contributed by atoms with van der Waals surface area (Å²) in [6.45, 7) is 0.219. The molecule has 0 radical (unpaired) electrons. The van der Waals surface area contributed by atoms with Gasteiger partial charge >= 0.3 is 5.97 Å². The average molecular weight is 501 g/mol. The lowest BCUT2D eigenvalue weighted by atomic mass is 10.1. The van der Waals surface area contributed by atoms with E-state index < -0.39 is 0 Å². The summed E-state index contributed by atoms with van der Waals surface area (Å²) in [5, 5.41) is 10.5. The number of H-pyrrole nitrogens is 1. The van der Waals surface area contributed by atoms with Gasteiger partial charge in [0.1, 0.15) is 18.1 Å². The highest BCUT2D eigenvalue weighted by Crippen LogP contribution is 2.37. The summed E-state index contributed by atoms with van der Waals surface area (Å²) in [6, 6.07) is 23.1. The molecule has 0 atom stereocenters. The molecule has 0 fully saturated rings. The second-order valence-electron chi connectivity index (χ2n) is 7.86. The van der Waals surface area contributed by atoms with Crippen molar-refractivity contribution in [2.24, 2.45) is 0 Å². The largest absolute Gasteiger partial charge is 0.497 e. The van der Waals surface area contributed by atoms with Gasteiger partial charge in [-0.3, -0.25) is 9.36 Å². The number of hydrogen-bond donors (Lipinski definition) is 1. The summed E-state index contributed by atoms with van der Waals surface area (Å²) >= 11 is 1.25. The highest BCUT2D eigenvalue weighted by molar-refractivity contribution is 7.99. The minimum absolute atomic E-state index is 0.0745. The second kappa shape index (κ2) is 10.6. The molecule has 0 saturated heterocycles. The number of thioether (sulfide) groups is 1. The Hall–Kier alpha value is -4.24. The van der Waals surface area contributed by atoms with E-state index in [2.05, 4.69) is 15.2 Å². The number of fused-ring (bicyclic) bond motifs is 1. The molecule has 0 amide bonds. The Morgan fingerprint density at radius 1 is 0.972 bits per heavy atom. The Morgan fingerprint density at radius 2 is 1.78 bits per heavy atom. The quantitative estimate of drug-likeness (QED) is 0.218. The minimum Gasteiger partial charge on any atom is -0.497 e. The molecule has 0 aliphatic rings. The summed E-state index contributed by atoms with van der Waals surface area (Å²) in [6.07, 6.45) is 1.90. The van der Waals surface area contributed by atoms with E-state index >= 15 is 0 Å². The van der Waals surface area contributed by atoms with Gasteiger partial charge in [-0.15, -0.1) is 10.2 Å². The summed E-state index contributed by atoms with van der Waals surface area (Å²) < 4.78 is 18.5. The van der Waals surface area contributed by atoms with Gasteiger partial charge in [0.15, 0.2) is 11.0 Å². The van der Waals surface area contributed by atoms with E-state index in [1.54, 1.807) is 14.2 Å². The molecular weight excluding hydrogens is 476 g/mol. The van der Waals surface area contributed by atoms with Crippen molar-refractivity contribution in [2.45, 2.75) is 11.8 Å². The fourth-order valence-electron chi connectivity index (χ4n) is 3.89. The first-order valence-electron chi connectivity index (χ1n) is 11.2. The van der Waals surface area contributed by atoms with E-state index in [-0.39, 0.29) is 18.3 Å². The van der Waals surface area contributed by atoms with Crippen molar-refractivity contribution in [3.05, 3.63) is 84.6 Å². The number of para-hydroxylation sites is 1. The number of nitrogens with one attached hydrogen (secondary N) is 1. The fraction of sp³-hybridized carbons (Fsp3) is 0.148. The summed E-state index contributed by atoms with van der Waals surface area (Å²) in [4.78, 5) is 15.8. The van der Waals surface area contributed by atoms with Gasteiger partial charge in [0.2, 0.25) is 0 Å². The molecule has 0 spiro atoms. The van der Waals surface area contributed by atoms with Crippen LogP contribution in [0.15, 0.2) is 84.1 Å². The molecule has 3 aromatic carbocycles. The van der Waals surface area contributed by atoms with Crippen LogP contribution in [0, 0.1) is 0 Å². The van der Waals surface area contributed by atoms with E-state index in [1.165, 1.54) is 11.8 Å². The zero-order valence-electron chi connectivity index (χ0n) is 19.8. The molecule has 5 rings (SSSR count). The number of aromatic nitrogens is 4. The van der Waals surface area contributed by atoms with Gasteiger partial charge in [-0.2, -0.15) is 0 Å². The summed E-state index contributed by atoms with van der Waals surface area (Å²) in [5.74, 6) is 1.61. The van der Waals surface area contributed by atoms with Crippen LogP contribution in [0.2, 0.25) is 0 Å². The van der Waals surface area contributed by atoms with Gasteiger partial charge in [0.25, 0.3) is 0 Å². The number of nitrogens with zero attached hydrogens (tertiary/aromatic N) is 3. The average Bonchev–Trinajstić information content (AvgIpc) is 3.54. The van der Waals surface area contributed by atoms with Gasteiger partial charge in [-0.05, 0) is 23.8 Å². The van der Waals surface area contributed by atoms with Crippen molar-refractivity contribution < 1.29 is 19.0 Å². The minimum atomic E-state index is -0.343. The van der Waals surface area contributed by atoms with Gasteiger partial charge in [-0.25, -0.2) is 0 Å². The number of benzene rings is 3. The highest BCUT2D eigenvalue weighted by atomic mass is 32.2. The molecule has 0 saturated carbocycles. The Balaban J connectivity index is 1.50. The zero-order valence-corrected chi connectivity index (χ0v) is 20.6. The molecule has 0 aliphatic carbocycles. The monoisotopic (exact) mass is 500 g/mol. The SMILES string of the molecule is COc1ccc(OC)c(-n2c(SCC(=O)OCc3ccccc3)nnc2-c2c[nH]c3ccccc23)c1. The molecular formula is C27H24N4O4S. The van der Waals surface area contributed by atoms with Gasteiger partial charge in [0, 0.05) is 28.7 Å². The van der Waals surface area contributed by atoms with E-state index in [4.69, 9.17) is 14.2 Å². The lowest BCUT2D eigenvalue weighted by molar-refractivity contribution is -0.141. The van der Waals surface area contributed by atoms with Crippen LogP contribution in [0.4, 0.5) is 0 Å². The molecule has 1 N–H and O–H groups in total. The molecule has 182 valence electrons. The highest BCUT2D eigenvalue weighted by Gasteiger charge is 2.22. The predicted octanol–water partition coefficient (Wildman–Crippen LogP) is 5.27. The number of hydrogen-bond acceptors (Lipinski definition) is 7. The normalized spacial score (nSPS) is 10.9. The van der Waals surface area contributed by atoms with Crippen molar-refractivity contribution in [1.29, 1.82) is 0 Å². The lowest BCUT2D eigenvalue weighted by Crippen LogP contribution is -2.09. The second-order valence-corrected chi connectivity index (χ2v) is 8.80. The standard InChI is InChI=1S/C27H24N4O4S/c1-33-19-12-13-24(34-2)23(14-19)31-26(21-15-28-22-11-7-6-10-20(21)22)29-30-27(31)36-17-25(32)35-16-18-8-4-3-5-9-18/h3-15,28H,16-17H2,1-2H3. The van der Waals surface area contributed by atoms with Crippen LogP contribution in [-0.2, 0) is 16.1 Å². The van der Waals surface area contributed by atoms with Crippen molar-refractivity contribution in [3.8, 4) is 28.6 Å². The summed E-state index contributed by atoms with van der Waals surface area (Å²) in [5.41, 5.74) is 3.49. The van der Waals surface area contributed by atoms with E-state index in [1.807, 2.05) is 83.6 Å². The molecule has 9 heteroatoms. The third-order valence-corrected chi connectivity index (χ3v) is 6.55. The van der Waals surface area contributed by atoms with Crippen LogP contribution in [0.5, 0.6) is 11.5 Å². The number of carbonyl (C=O) groups excluding carboxylic acids is 1. The lowest BCUT2D eigenvalue weighted by Gasteiger charge is -2.15. The van der Waals surface area contributed by atoms with Crippen LogP contribution in [0.1, 0.15) is 5.56 Å². The first kappa shape index (κ1) is 23.5. The number of ether oxygens (including phenoxy) is 3. The van der Waals surface area contributed by atoms with Crippen LogP contribution < -0.4 is 9.47 Å². The van der Waals surface area contributed by atoms with Crippen molar-refractivity contribution >= 4 is 28.6 Å². The van der Waals surface area contributed by atoms with E-state index in [0.29, 0.717) is 28.2 Å². The van der Waals surface area contributed by atoms with Crippen molar-refractivity contribution in [2.75, 3.05) is 20.0 Å². The Labute approximate surface area is 212 Å². The number of esters is 1. The van der Waals surface area contributed by atoms with Crippen LogP contribution >= 0.6 is 11.8 Å². The number of methoxy groups -OCH3 is 2. The molecule has 0 aliphatic heterocycles. The molecule has 36 heavy (non-hydrogen) atoms. The molecule has 8 nitrogen and oxygen atoms in total. The zero-order chi connectivity index (χ0) is 24.9. The molecule has 0 unspecified atom stereocenters. The third kappa shape index (κ3) is 4.78. The molecule has 2 aromatic heterocycles. The number of aromatic amines is 1. The van der Waals surface area contributed by atoms with Crippen molar-refractivity contribution in [3.63, 3.8) is 0 Å². The molecule has 2 heterocycles. The predicted molar refractivity (Wildman–Crippen MR) is 139 cm³/mol. The van der Waals surface area contributed by atoms with E-state index in [9.17, 15) is 4.79 Å². The first-order valence-corrected chi connectivity index (χ1v) is 12.2. The van der Waals surface area contributed by atoms with Gasteiger partial charge < -0.3 is 19.2 Å². The first-order chi connectivity index (χ1) is 17.7. The van der Waals surface area contributed by atoms with Crippen LogP contribution in [0.3, 0.4) is 0 Å². The maximum absolute atomic E-state index is 12.5. The van der Waals surface area contributed by atoms with Gasteiger partial charge in [0.05, 0.1) is 25.7 Å². The van der Waals surface area contributed by atoms with Crippen LogP contribution in [-0.4, -0.2) is 45.7 Å². The van der Waals surface area contributed by atoms with Crippen molar-refractivity contribution in [1.82, 2.24) is 19.7 Å². The Bertz CT molecular complexity index is 1500. The summed E-state index contributed by atoms with van der Waals surface area (Å²) in [7, 11) is 3.21. The maximum atomic E-state index is 12.5. The number of rotatable bonds is 9. The third-order valence-electron chi connectivity index (χ3n) is 5.65. The molecule has 5 aromatic rings. The maximum Gasteiger partial charge on any atom is 0.316 e. The topological polar surface area (TPSA) is 91.3 Å². The van der Waals surface area contributed by atoms with Crippen LogP contribution in [0.25, 0.3) is 28.0 Å².